The fourth-order valence-corrected chi connectivity index (χ4v) is 3.96. The van der Waals surface area contributed by atoms with Crippen LogP contribution in [0.25, 0.3) is 0 Å². The van der Waals surface area contributed by atoms with Crippen molar-refractivity contribution in [1.82, 2.24) is 15.3 Å². The summed E-state index contributed by atoms with van der Waals surface area (Å²) < 4.78 is 0. The lowest BCUT2D eigenvalue weighted by Gasteiger charge is -2.29. The van der Waals surface area contributed by atoms with Crippen LogP contribution in [0.1, 0.15) is 64.9 Å². The summed E-state index contributed by atoms with van der Waals surface area (Å²) in [5, 5.41) is 16.7. The Morgan fingerprint density at radius 3 is 2.80 bits per heavy atom. The molecule has 1 aliphatic rings. The van der Waals surface area contributed by atoms with Crippen LogP contribution in [-0.2, 0) is 19.5 Å². The van der Waals surface area contributed by atoms with Crippen molar-refractivity contribution in [3.8, 4) is 6.07 Å². The maximum absolute atomic E-state index is 9.58. The van der Waals surface area contributed by atoms with Gasteiger partial charge in [0.1, 0.15) is 0 Å². The normalized spacial score (nSPS) is 15.5. The second-order valence-electron chi connectivity index (χ2n) is 8.26. The van der Waals surface area contributed by atoms with E-state index >= 15 is 0 Å². The number of aryl methyl sites for hydroxylation is 1. The van der Waals surface area contributed by atoms with Gasteiger partial charge >= 0.3 is 0 Å². The van der Waals surface area contributed by atoms with Crippen LogP contribution in [0.5, 0.6) is 0 Å². The van der Waals surface area contributed by atoms with E-state index in [9.17, 15) is 5.26 Å². The first-order chi connectivity index (χ1) is 14.5. The Labute approximate surface area is 178 Å². The van der Waals surface area contributed by atoms with Crippen molar-refractivity contribution >= 4 is 5.69 Å². The molecule has 0 radical (unpaired) electrons. The molecule has 30 heavy (non-hydrogen) atoms. The molecule has 1 aliphatic heterocycles. The van der Waals surface area contributed by atoms with Gasteiger partial charge in [-0.15, -0.1) is 0 Å². The number of aromatic nitrogens is 2. The maximum Gasteiger partial charge on any atom is 0.0995 e. The highest BCUT2D eigenvalue weighted by Crippen LogP contribution is 2.32. The molecule has 0 saturated carbocycles. The molecule has 1 atom stereocenters. The minimum atomic E-state index is 0.114. The Balaban J connectivity index is 1.54. The van der Waals surface area contributed by atoms with E-state index in [0.717, 1.165) is 46.6 Å². The highest BCUT2D eigenvalue weighted by atomic mass is 14.9. The van der Waals surface area contributed by atoms with Crippen molar-refractivity contribution in [2.75, 3.05) is 5.32 Å². The Kier molecular flexibility index (Phi) is 5.78. The van der Waals surface area contributed by atoms with E-state index in [1.54, 1.807) is 0 Å². The summed E-state index contributed by atoms with van der Waals surface area (Å²) >= 11 is 0. The first-order valence-corrected chi connectivity index (χ1v) is 10.4. The fraction of sp³-hybridized carbons (Fsp3) is 0.320. The number of pyridine rings is 2. The van der Waals surface area contributed by atoms with Gasteiger partial charge < -0.3 is 10.6 Å². The highest BCUT2D eigenvalue weighted by molar-refractivity contribution is 5.55. The molecule has 0 bridgehead atoms. The number of nitrogens with zero attached hydrogens (tertiary/aromatic N) is 3. The van der Waals surface area contributed by atoms with Gasteiger partial charge in [-0.25, -0.2) is 0 Å². The van der Waals surface area contributed by atoms with E-state index < -0.39 is 0 Å². The summed E-state index contributed by atoms with van der Waals surface area (Å²) in [5.41, 5.74) is 8.69. The third-order valence-corrected chi connectivity index (χ3v) is 5.72. The lowest BCUT2D eigenvalue weighted by molar-refractivity contribution is 0.497. The molecule has 0 saturated heterocycles. The van der Waals surface area contributed by atoms with E-state index in [2.05, 4.69) is 64.8 Å². The number of hydrogen-bond acceptors (Lipinski definition) is 5. The zero-order valence-electron chi connectivity index (χ0n) is 17.7. The number of rotatable bonds is 5. The molecule has 0 fully saturated rings. The topological polar surface area (TPSA) is 73.6 Å². The number of fused-ring (bicyclic) bond motifs is 1. The lowest BCUT2D eigenvalue weighted by atomic mass is 9.89. The SMILES string of the molecule is Cc1ccc(C2Cc3c(cncc3NCc3ccc(C(C)C)nc3)CN2)c(C#N)c1. The standard InChI is InChI=1S/C25H27N5/c1-16(2)23-7-5-18(11-28-23)12-29-25-15-27-13-20-14-30-24(9-22(20)25)21-6-4-17(3)8-19(21)10-26/h4-8,11,13,15-16,24,29-30H,9,12,14H2,1-3H3. The number of nitrogens with one attached hydrogen (secondary N) is 2. The number of hydrogen-bond donors (Lipinski definition) is 2. The molecule has 4 rings (SSSR count). The Bertz CT molecular complexity index is 1080. The smallest absolute Gasteiger partial charge is 0.0995 e. The summed E-state index contributed by atoms with van der Waals surface area (Å²) in [6.45, 7) is 7.77. The summed E-state index contributed by atoms with van der Waals surface area (Å²) in [4.78, 5) is 8.98. The molecular weight excluding hydrogens is 370 g/mol. The van der Waals surface area contributed by atoms with Crippen LogP contribution >= 0.6 is 0 Å². The van der Waals surface area contributed by atoms with Crippen molar-refractivity contribution < 1.29 is 0 Å². The quantitative estimate of drug-likeness (QED) is 0.648. The van der Waals surface area contributed by atoms with Crippen LogP contribution in [0.2, 0.25) is 0 Å². The van der Waals surface area contributed by atoms with E-state index in [-0.39, 0.29) is 6.04 Å². The second kappa shape index (κ2) is 8.64. The number of benzene rings is 1. The molecule has 0 amide bonds. The second-order valence-corrected chi connectivity index (χ2v) is 8.26. The van der Waals surface area contributed by atoms with E-state index in [0.29, 0.717) is 12.5 Å². The Hall–Kier alpha value is -3.23. The molecule has 1 unspecified atom stereocenters. The summed E-state index contributed by atoms with van der Waals surface area (Å²) in [7, 11) is 0. The molecule has 5 heteroatoms. The fourth-order valence-electron chi connectivity index (χ4n) is 3.96. The molecule has 0 aliphatic carbocycles. The minimum absolute atomic E-state index is 0.114. The van der Waals surface area contributed by atoms with Crippen LogP contribution in [0, 0.1) is 18.3 Å². The van der Waals surface area contributed by atoms with Gasteiger partial charge in [0, 0.05) is 37.2 Å². The van der Waals surface area contributed by atoms with Gasteiger partial charge in [-0.2, -0.15) is 5.26 Å². The maximum atomic E-state index is 9.58. The van der Waals surface area contributed by atoms with Gasteiger partial charge in [0.05, 0.1) is 23.5 Å². The van der Waals surface area contributed by atoms with Crippen molar-refractivity contribution in [2.45, 2.75) is 52.2 Å². The van der Waals surface area contributed by atoms with Crippen molar-refractivity contribution in [3.05, 3.63) is 88.0 Å². The van der Waals surface area contributed by atoms with Gasteiger partial charge in [-0.1, -0.05) is 32.0 Å². The largest absolute Gasteiger partial charge is 0.379 e. The third-order valence-electron chi connectivity index (χ3n) is 5.72. The summed E-state index contributed by atoms with van der Waals surface area (Å²) in [5.74, 6) is 0.432. The minimum Gasteiger partial charge on any atom is -0.379 e. The predicted molar refractivity (Wildman–Crippen MR) is 119 cm³/mol. The molecule has 2 N–H and O–H groups in total. The molecule has 3 aromatic rings. The van der Waals surface area contributed by atoms with Crippen LogP contribution in [0.3, 0.4) is 0 Å². The predicted octanol–water partition coefficient (Wildman–Crippen LogP) is 4.78. The summed E-state index contributed by atoms with van der Waals surface area (Å²) in [6, 6.07) is 12.8. The Morgan fingerprint density at radius 1 is 1.20 bits per heavy atom. The van der Waals surface area contributed by atoms with E-state index in [1.807, 2.05) is 31.6 Å². The third kappa shape index (κ3) is 4.19. The first-order valence-electron chi connectivity index (χ1n) is 10.4. The number of anilines is 1. The number of nitriles is 1. The van der Waals surface area contributed by atoms with Crippen LogP contribution in [-0.4, -0.2) is 9.97 Å². The first kappa shape index (κ1) is 20.1. The molecule has 2 aromatic heterocycles. The summed E-state index contributed by atoms with van der Waals surface area (Å²) in [6.07, 6.45) is 6.60. The molecule has 0 spiro atoms. The molecule has 5 nitrogen and oxygen atoms in total. The van der Waals surface area contributed by atoms with Crippen molar-refractivity contribution in [2.24, 2.45) is 0 Å². The molecule has 152 valence electrons. The van der Waals surface area contributed by atoms with Gasteiger partial charge in [0.2, 0.25) is 0 Å². The average Bonchev–Trinajstić information content (AvgIpc) is 2.77. The van der Waals surface area contributed by atoms with Crippen LogP contribution < -0.4 is 10.6 Å². The molecule has 1 aromatic carbocycles. The van der Waals surface area contributed by atoms with Gasteiger partial charge in [0.25, 0.3) is 0 Å². The highest BCUT2D eigenvalue weighted by Gasteiger charge is 2.24. The van der Waals surface area contributed by atoms with E-state index in [4.69, 9.17) is 0 Å². The van der Waals surface area contributed by atoms with Gasteiger partial charge in [-0.05, 0) is 59.2 Å². The Morgan fingerprint density at radius 2 is 2.07 bits per heavy atom. The van der Waals surface area contributed by atoms with Gasteiger partial charge in [-0.3, -0.25) is 9.97 Å². The van der Waals surface area contributed by atoms with Crippen molar-refractivity contribution in [3.63, 3.8) is 0 Å². The van der Waals surface area contributed by atoms with E-state index in [1.165, 1.54) is 11.1 Å². The molecular formula is C25H27N5. The monoisotopic (exact) mass is 397 g/mol. The van der Waals surface area contributed by atoms with Crippen LogP contribution in [0.15, 0.2) is 48.9 Å². The average molecular weight is 398 g/mol. The van der Waals surface area contributed by atoms with Gasteiger partial charge in [0.15, 0.2) is 0 Å². The van der Waals surface area contributed by atoms with Crippen molar-refractivity contribution in [1.29, 1.82) is 5.26 Å². The zero-order valence-corrected chi connectivity index (χ0v) is 17.7. The molecule has 3 heterocycles. The van der Waals surface area contributed by atoms with Crippen LogP contribution in [0.4, 0.5) is 5.69 Å². The lowest BCUT2D eigenvalue weighted by Crippen LogP contribution is -2.30. The zero-order chi connectivity index (χ0) is 21.1.